The molecular formula is C37H40F4O6Se2Si. The van der Waals surface area contributed by atoms with Crippen LogP contribution in [-0.2, 0) is 15.4 Å². The summed E-state index contributed by atoms with van der Waals surface area (Å²) in [6.07, 6.45) is 0. The van der Waals surface area contributed by atoms with Crippen LogP contribution in [0.2, 0.25) is 25.7 Å². The maximum absolute atomic E-state index is 12.7. The van der Waals surface area contributed by atoms with E-state index < -0.39 is 33.2 Å². The number of aromatic carboxylic acids is 1. The molecule has 0 spiro atoms. The van der Waals surface area contributed by atoms with Crippen molar-refractivity contribution in [1.82, 2.24) is 0 Å². The first-order valence-corrected chi connectivity index (χ1v) is 23.4. The number of rotatable bonds is 15. The Morgan fingerprint density at radius 2 is 1.12 bits per heavy atom. The van der Waals surface area contributed by atoms with Crippen molar-refractivity contribution in [2.45, 2.75) is 63.4 Å². The van der Waals surface area contributed by atoms with Crippen LogP contribution in [-0.4, -0.2) is 74.9 Å². The standard InChI is InChI=1S/C21H26F2O3SeSi.C16H14F2O3Se/c1-15-12-17(26-21(22)23)13-16(14-27-18-8-6-5-7-9-18)19(15)20(24)25-10-11-28(2,3)4;1-10-7-12(21-16(17)18)8-11(14(10)15(19)20)9-22-13-5-3-2-4-6-13/h5-9,12-13,21H,10-11,14H2,1-4H3;2-8,16H,9H2,1H3,(H,19,20). The number of carbonyl (C=O) groups excluding carboxylic acids is 1. The van der Waals surface area contributed by atoms with Crippen molar-refractivity contribution in [3.63, 3.8) is 0 Å². The zero-order chi connectivity index (χ0) is 36.8. The van der Waals surface area contributed by atoms with Gasteiger partial charge in [-0.15, -0.1) is 0 Å². The summed E-state index contributed by atoms with van der Waals surface area (Å²) < 4.78 is 66.8. The van der Waals surface area contributed by atoms with Gasteiger partial charge in [-0.25, -0.2) is 0 Å². The summed E-state index contributed by atoms with van der Waals surface area (Å²) in [5.41, 5.74) is 2.86. The molecule has 0 aliphatic heterocycles. The van der Waals surface area contributed by atoms with Crippen molar-refractivity contribution < 1.29 is 46.5 Å². The van der Waals surface area contributed by atoms with Crippen molar-refractivity contribution in [3.8, 4) is 11.5 Å². The summed E-state index contributed by atoms with van der Waals surface area (Å²) in [4.78, 5) is 24.1. The number of benzene rings is 4. The SMILES string of the molecule is Cc1cc(OC(F)F)cc(C[Se]c2ccccc2)c1C(=O)O.Cc1cc(OC(F)F)cc(C[Se]c2ccccc2)c1C(=O)OCC[Si](C)(C)C. The molecule has 4 aromatic rings. The van der Waals surface area contributed by atoms with Gasteiger partial charge in [0.25, 0.3) is 0 Å². The molecule has 268 valence electrons. The molecule has 0 heterocycles. The number of hydrogen-bond donors (Lipinski definition) is 1. The quantitative estimate of drug-likeness (QED) is 0.0762. The number of carbonyl (C=O) groups is 2. The van der Waals surface area contributed by atoms with E-state index in [0.717, 1.165) is 10.5 Å². The Bertz CT molecular complexity index is 1700. The summed E-state index contributed by atoms with van der Waals surface area (Å²) in [5.74, 6) is -1.38. The van der Waals surface area contributed by atoms with E-state index in [1.807, 2.05) is 60.7 Å². The molecular weight excluding hydrogens is 802 g/mol. The summed E-state index contributed by atoms with van der Waals surface area (Å²) >= 11 is 0.0753. The molecule has 0 radical (unpaired) electrons. The van der Waals surface area contributed by atoms with Crippen molar-refractivity contribution in [1.29, 1.82) is 0 Å². The van der Waals surface area contributed by atoms with E-state index in [9.17, 15) is 32.3 Å². The second kappa shape index (κ2) is 19.7. The first-order chi connectivity index (χ1) is 23.6. The molecule has 50 heavy (non-hydrogen) atoms. The predicted molar refractivity (Wildman–Crippen MR) is 192 cm³/mol. The Hall–Kier alpha value is -3.60. The molecule has 13 heteroatoms. The third-order valence-electron chi connectivity index (χ3n) is 7.01. The normalized spacial score (nSPS) is 11.2. The van der Waals surface area contributed by atoms with E-state index in [0.29, 0.717) is 45.1 Å². The van der Waals surface area contributed by atoms with E-state index in [-0.39, 0.29) is 47.0 Å². The number of carboxylic acids is 1. The molecule has 0 bridgehead atoms. The van der Waals surface area contributed by atoms with Crippen molar-refractivity contribution in [2.75, 3.05) is 6.61 Å². The fourth-order valence-electron chi connectivity index (χ4n) is 4.69. The minimum absolute atomic E-state index is 0.00337. The molecule has 0 fully saturated rings. The second-order valence-electron chi connectivity index (χ2n) is 12.3. The Labute approximate surface area is 303 Å². The molecule has 0 saturated carbocycles. The van der Waals surface area contributed by atoms with Gasteiger partial charge in [-0.1, -0.05) is 0 Å². The van der Waals surface area contributed by atoms with Crippen LogP contribution in [0.5, 0.6) is 11.5 Å². The number of aryl methyl sites for hydroxylation is 2. The Morgan fingerprint density at radius 1 is 0.700 bits per heavy atom. The van der Waals surface area contributed by atoms with E-state index in [1.165, 1.54) is 22.7 Å². The number of hydrogen-bond acceptors (Lipinski definition) is 5. The van der Waals surface area contributed by atoms with Crippen molar-refractivity contribution in [3.05, 3.63) is 118 Å². The van der Waals surface area contributed by atoms with Gasteiger partial charge in [0, 0.05) is 0 Å². The van der Waals surface area contributed by atoms with Crippen molar-refractivity contribution >= 4 is 58.8 Å². The zero-order valence-electron chi connectivity index (χ0n) is 28.4. The molecule has 0 aliphatic carbocycles. The first kappa shape index (κ1) is 40.8. The molecule has 0 aliphatic rings. The molecule has 6 nitrogen and oxygen atoms in total. The van der Waals surface area contributed by atoms with Gasteiger partial charge < -0.3 is 0 Å². The van der Waals surface area contributed by atoms with Crippen LogP contribution in [0.4, 0.5) is 17.6 Å². The zero-order valence-corrected chi connectivity index (χ0v) is 32.8. The minimum atomic E-state index is -2.93. The molecule has 0 atom stereocenters. The van der Waals surface area contributed by atoms with Gasteiger partial charge in [0.2, 0.25) is 0 Å². The molecule has 0 aromatic heterocycles. The third-order valence-corrected chi connectivity index (χ3v) is 13.2. The summed E-state index contributed by atoms with van der Waals surface area (Å²) in [7, 11) is -1.32. The molecule has 4 aromatic carbocycles. The van der Waals surface area contributed by atoms with Gasteiger partial charge in [0.05, 0.1) is 0 Å². The topological polar surface area (TPSA) is 82.1 Å². The average Bonchev–Trinajstić information content (AvgIpc) is 3.02. The Morgan fingerprint density at radius 3 is 1.52 bits per heavy atom. The predicted octanol–water partition coefficient (Wildman–Crippen LogP) is 7.45. The van der Waals surface area contributed by atoms with Crippen LogP contribution in [0.15, 0.2) is 84.9 Å². The molecule has 0 amide bonds. The molecule has 1 N–H and O–H groups in total. The summed E-state index contributed by atoms with van der Waals surface area (Å²) in [6, 6.07) is 26.2. The van der Waals surface area contributed by atoms with E-state index in [4.69, 9.17) is 4.74 Å². The second-order valence-corrected chi connectivity index (χ2v) is 22.3. The van der Waals surface area contributed by atoms with Crippen LogP contribution in [0, 0.1) is 13.8 Å². The van der Waals surface area contributed by atoms with Crippen LogP contribution in [0.1, 0.15) is 43.0 Å². The van der Waals surface area contributed by atoms with Gasteiger partial charge >= 0.3 is 305 Å². The van der Waals surface area contributed by atoms with E-state index in [1.54, 1.807) is 19.9 Å². The average molecular weight is 843 g/mol. The number of alkyl halides is 4. The number of ether oxygens (including phenoxy) is 3. The molecule has 4 rings (SSSR count). The van der Waals surface area contributed by atoms with Gasteiger partial charge in [-0.2, -0.15) is 0 Å². The van der Waals surface area contributed by atoms with Crippen LogP contribution in [0.25, 0.3) is 0 Å². The van der Waals surface area contributed by atoms with E-state index in [2.05, 4.69) is 29.1 Å². The maximum atomic E-state index is 12.7. The monoisotopic (exact) mass is 844 g/mol. The fourth-order valence-corrected chi connectivity index (χ4v) is 9.18. The van der Waals surface area contributed by atoms with Crippen molar-refractivity contribution in [2.24, 2.45) is 0 Å². The Kier molecular flexibility index (Phi) is 16.1. The molecule has 0 saturated heterocycles. The number of esters is 1. The van der Waals surface area contributed by atoms with Crippen LogP contribution >= 0.6 is 0 Å². The number of halogens is 4. The van der Waals surface area contributed by atoms with Gasteiger partial charge in [0.1, 0.15) is 0 Å². The fraction of sp³-hybridized carbons (Fsp3) is 0.297. The summed E-state index contributed by atoms with van der Waals surface area (Å²) in [6.45, 7) is 4.52. The first-order valence-electron chi connectivity index (χ1n) is 15.6. The van der Waals surface area contributed by atoms with Gasteiger partial charge in [-0.05, 0) is 0 Å². The van der Waals surface area contributed by atoms with Crippen LogP contribution in [0.3, 0.4) is 0 Å². The van der Waals surface area contributed by atoms with Gasteiger partial charge in [0.15, 0.2) is 0 Å². The Balaban J connectivity index is 0.000000278. The van der Waals surface area contributed by atoms with Crippen LogP contribution < -0.4 is 18.4 Å². The van der Waals surface area contributed by atoms with Gasteiger partial charge in [-0.3, -0.25) is 0 Å². The molecule has 0 unspecified atom stereocenters. The van der Waals surface area contributed by atoms with E-state index >= 15 is 0 Å². The summed E-state index contributed by atoms with van der Waals surface area (Å²) in [5, 5.41) is 10.4. The number of carboxylic acid groups (broad SMARTS) is 1. The third kappa shape index (κ3) is 14.0.